The number of hydrogen-bond acceptors (Lipinski definition) is 5. The van der Waals surface area contributed by atoms with Crippen molar-refractivity contribution in [2.24, 2.45) is 0 Å². The molecule has 0 aliphatic heterocycles. The number of ether oxygens (including phenoxy) is 3. The van der Waals surface area contributed by atoms with E-state index in [0.717, 1.165) is 103 Å². The van der Waals surface area contributed by atoms with Crippen LogP contribution in [0, 0.1) is 0 Å². The molecule has 62 heavy (non-hydrogen) atoms. The van der Waals surface area contributed by atoms with Gasteiger partial charge < -0.3 is 14.2 Å². The second-order valence-electron chi connectivity index (χ2n) is 14.9. The van der Waals surface area contributed by atoms with Crippen molar-refractivity contribution >= 4 is 11.9 Å². The molecule has 0 radical (unpaired) electrons. The van der Waals surface area contributed by atoms with Gasteiger partial charge in [0.15, 0.2) is 6.10 Å². The third-order valence-corrected chi connectivity index (χ3v) is 9.11. The highest BCUT2D eigenvalue weighted by atomic mass is 16.6. The van der Waals surface area contributed by atoms with Crippen LogP contribution in [0.15, 0.2) is 158 Å². The lowest BCUT2D eigenvalue weighted by atomic mass is 10.1. The van der Waals surface area contributed by atoms with Gasteiger partial charge in [-0.25, -0.2) is 0 Å². The minimum atomic E-state index is -0.649. The van der Waals surface area contributed by atoms with Crippen LogP contribution in [0.2, 0.25) is 0 Å². The van der Waals surface area contributed by atoms with Crippen molar-refractivity contribution in [1.29, 1.82) is 0 Å². The smallest absolute Gasteiger partial charge is 0.310 e. The van der Waals surface area contributed by atoms with Gasteiger partial charge >= 0.3 is 11.9 Å². The van der Waals surface area contributed by atoms with Gasteiger partial charge in [0.2, 0.25) is 0 Å². The molecule has 0 rings (SSSR count). The van der Waals surface area contributed by atoms with Crippen LogP contribution in [0.3, 0.4) is 0 Å². The van der Waals surface area contributed by atoms with E-state index in [1.54, 1.807) is 0 Å². The zero-order valence-electron chi connectivity index (χ0n) is 39.3. The molecule has 0 bridgehead atoms. The van der Waals surface area contributed by atoms with Crippen molar-refractivity contribution in [2.75, 3.05) is 19.8 Å². The highest BCUT2D eigenvalue weighted by molar-refractivity contribution is 5.72. The molecular weight excluding hydrogens is 765 g/mol. The summed E-state index contributed by atoms with van der Waals surface area (Å²) >= 11 is 0. The lowest BCUT2D eigenvalue weighted by Gasteiger charge is -2.18. The van der Waals surface area contributed by atoms with Crippen LogP contribution in [-0.4, -0.2) is 37.9 Å². The predicted octanol–water partition coefficient (Wildman–Crippen LogP) is 16.3. The number of allylic oxidation sites excluding steroid dienone is 24. The third-order valence-electron chi connectivity index (χ3n) is 9.11. The summed E-state index contributed by atoms with van der Waals surface area (Å²) < 4.78 is 17.1. The summed E-state index contributed by atoms with van der Waals surface area (Å²) in [5.74, 6) is -0.715. The second kappa shape index (κ2) is 50.9. The summed E-state index contributed by atoms with van der Waals surface area (Å²) in [5, 5.41) is 0. The number of carbonyl (C=O) groups is 2. The zero-order chi connectivity index (χ0) is 44.9. The van der Waals surface area contributed by atoms with Crippen molar-refractivity contribution in [1.82, 2.24) is 0 Å². The van der Waals surface area contributed by atoms with Crippen LogP contribution in [0.25, 0.3) is 0 Å². The summed E-state index contributed by atoms with van der Waals surface area (Å²) in [6.45, 7) is 7.20. The summed E-state index contributed by atoms with van der Waals surface area (Å²) in [6, 6.07) is 0. The third kappa shape index (κ3) is 48.2. The number of esters is 2. The standard InChI is InChI=1S/C57H86O5/c1-4-7-10-13-16-19-22-25-28-31-34-37-40-43-46-49-52-60-53-55(62-57(59)51-48-45-42-39-36-33-30-27-24-21-18-15-12-9-6-3)54-61-56(58)50-47-44-41-38-35-32-29-26-23-20-17-14-11-8-5-2/h7-12,16-21,25-30,35-36,38-39,44-45,47-48,55H,4-6,13-15,22-24,31-34,37,40-43,46,49-54H2,1-3H3/b10-7-,11-8-,12-9-,19-16-,20-17-,21-18-,28-25-,29-26-,30-27-,38-35-,39-36-,47-44-,48-45-. The fourth-order valence-corrected chi connectivity index (χ4v) is 5.67. The first-order valence-corrected chi connectivity index (χ1v) is 24.0. The van der Waals surface area contributed by atoms with Gasteiger partial charge in [-0.1, -0.05) is 204 Å². The molecule has 0 aliphatic carbocycles. The van der Waals surface area contributed by atoms with Crippen molar-refractivity contribution < 1.29 is 23.8 Å². The van der Waals surface area contributed by atoms with E-state index in [4.69, 9.17) is 14.2 Å². The fraction of sp³-hybridized carbons (Fsp3) is 0.509. The van der Waals surface area contributed by atoms with E-state index in [0.29, 0.717) is 6.61 Å². The summed E-state index contributed by atoms with van der Waals surface area (Å²) in [4.78, 5) is 25.2. The largest absolute Gasteiger partial charge is 0.461 e. The van der Waals surface area contributed by atoms with Gasteiger partial charge in [-0.05, 0) is 103 Å². The molecule has 344 valence electrons. The van der Waals surface area contributed by atoms with Gasteiger partial charge in [0.25, 0.3) is 0 Å². The van der Waals surface area contributed by atoms with Crippen molar-refractivity contribution in [3.05, 3.63) is 158 Å². The Kier molecular flexibility index (Phi) is 47.2. The van der Waals surface area contributed by atoms with E-state index >= 15 is 0 Å². The molecule has 0 amide bonds. The van der Waals surface area contributed by atoms with Gasteiger partial charge in [-0.15, -0.1) is 0 Å². The van der Waals surface area contributed by atoms with Gasteiger partial charge in [-0.2, -0.15) is 0 Å². The Morgan fingerprint density at radius 3 is 1.08 bits per heavy atom. The van der Waals surface area contributed by atoms with Gasteiger partial charge in [0.1, 0.15) is 6.61 Å². The Labute approximate surface area is 380 Å². The van der Waals surface area contributed by atoms with E-state index in [1.165, 1.54) is 25.7 Å². The molecule has 5 nitrogen and oxygen atoms in total. The van der Waals surface area contributed by atoms with Crippen molar-refractivity contribution in [3.63, 3.8) is 0 Å². The lowest BCUT2D eigenvalue weighted by molar-refractivity contribution is -0.161. The molecular formula is C57H86O5. The predicted molar refractivity (Wildman–Crippen MR) is 269 cm³/mol. The van der Waals surface area contributed by atoms with Crippen LogP contribution in [0.5, 0.6) is 0 Å². The monoisotopic (exact) mass is 851 g/mol. The molecule has 1 atom stereocenters. The Morgan fingerprint density at radius 1 is 0.355 bits per heavy atom. The molecule has 0 saturated carbocycles. The van der Waals surface area contributed by atoms with Gasteiger partial charge in [0.05, 0.1) is 19.4 Å². The van der Waals surface area contributed by atoms with Crippen LogP contribution in [0.4, 0.5) is 0 Å². The van der Waals surface area contributed by atoms with Crippen molar-refractivity contribution in [3.8, 4) is 0 Å². The molecule has 5 heteroatoms. The highest BCUT2D eigenvalue weighted by Gasteiger charge is 2.16. The Hall–Kier alpha value is -4.48. The minimum Gasteiger partial charge on any atom is -0.461 e. The number of rotatable bonds is 41. The fourth-order valence-electron chi connectivity index (χ4n) is 5.67. The number of hydrogen-bond donors (Lipinski definition) is 0. The number of unbranched alkanes of at least 4 members (excludes halogenated alkanes) is 6. The average molecular weight is 851 g/mol. The minimum absolute atomic E-state index is 0.0258. The molecule has 0 aromatic rings. The van der Waals surface area contributed by atoms with E-state index < -0.39 is 6.10 Å². The maximum Gasteiger partial charge on any atom is 0.310 e. The van der Waals surface area contributed by atoms with E-state index in [1.807, 2.05) is 24.3 Å². The lowest BCUT2D eigenvalue weighted by Crippen LogP contribution is -2.29. The number of carbonyl (C=O) groups excluding carboxylic acids is 2. The Bertz CT molecular complexity index is 1420. The molecule has 0 aromatic heterocycles. The normalized spacial score (nSPS) is 13.7. The highest BCUT2D eigenvalue weighted by Crippen LogP contribution is 2.09. The molecule has 0 aromatic carbocycles. The second-order valence-corrected chi connectivity index (χ2v) is 14.9. The van der Waals surface area contributed by atoms with E-state index in [-0.39, 0.29) is 38.0 Å². The average Bonchev–Trinajstić information content (AvgIpc) is 3.27. The quantitative estimate of drug-likeness (QED) is 0.0348. The zero-order valence-corrected chi connectivity index (χ0v) is 39.3. The Morgan fingerprint density at radius 2 is 0.677 bits per heavy atom. The molecule has 1 unspecified atom stereocenters. The Balaban J connectivity index is 4.59. The maximum absolute atomic E-state index is 12.7. The molecule has 0 aliphatic rings. The topological polar surface area (TPSA) is 61.8 Å². The summed E-state index contributed by atoms with van der Waals surface area (Å²) in [5.41, 5.74) is 0. The first-order chi connectivity index (χ1) is 30.6. The van der Waals surface area contributed by atoms with Crippen LogP contribution in [-0.2, 0) is 23.8 Å². The molecule has 0 fully saturated rings. The summed E-state index contributed by atoms with van der Waals surface area (Å²) in [6.07, 6.45) is 75.8. The van der Waals surface area contributed by atoms with Gasteiger partial charge in [0, 0.05) is 6.61 Å². The molecule has 0 heterocycles. The molecule has 0 N–H and O–H groups in total. The first kappa shape index (κ1) is 57.5. The van der Waals surface area contributed by atoms with Crippen LogP contribution >= 0.6 is 0 Å². The van der Waals surface area contributed by atoms with E-state index in [9.17, 15) is 9.59 Å². The van der Waals surface area contributed by atoms with Crippen molar-refractivity contribution in [2.45, 2.75) is 168 Å². The van der Waals surface area contributed by atoms with Crippen LogP contribution in [0.1, 0.15) is 162 Å². The maximum atomic E-state index is 12.7. The first-order valence-electron chi connectivity index (χ1n) is 24.0. The van der Waals surface area contributed by atoms with Gasteiger partial charge in [-0.3, -0.25) is 9.59 Å². The van der Waals surface area contributed by atoms with E-state index in [2.05, 4.69) is 154 Å². The molecule has 0 spiro atoms. The SMILES string of the molecule is CC/C=C\C/C=C\C/C=C\C/C=C\C/C=C\CC(=O)OCC(COCCCCCCCC/C=C\C/C=C\C/C=C\CC)OC(=O)C/C=C\C/C=C\C/C=C\C/C=C\C/C=C\CC. The molecule has 0 saturated heterocycles. The summed E-state index contributed by atoms with van der Waals surface area (Å²) in [7, 11) is 0. The van der Waals surface area contributed by atoms with Crippen LogP contribution < -0.4 is 0 Å².